The van der Waals surface area contributed by atoms with Gasteiger partial charge in [0.2, 0.25) is 10.0 Å². The molecule has 0 aromatic heterocycles. The molecule has 1 unspecified atom stereocenters. The first-order valence-electron chi connectivity index (χ1n) is 6.31. The second-order valence-corrected chi connectivity index (χ2v) is 6.84. The third kappa shape index (κ3) is 3.46. The lowest BCUT2D eigenvalue weighted by atomic mass is 10.1. The van der Waals surface area contributed by atoms with E-state index in [-0.39, 0.29) is 0 Å². The van der Waals surface area contributed by atoms with Crippen molar-refractivity contribution < 1.29 is 8.42 Å². The Bertz CT molecular complexity index is 492. The molecule has 0 radical (unpaired) electrons. The van der Waals surface area contributed by atoms with Crippen LogP contribution in [0, 0.1) is 5.92 Å². The molecular weight excluding hydrogens is 248 g/mol. The van der Waals surface area contributed by atoms with Gasteiger partial charge in [-0.1, -0.05) is 12.8 Å². The number of sulfonamides is 1. The number of rotatable bonds is 6. The maximum absolute atomic E-state index is 11.6. The Morgan fingerprint density at radius 1 is 1.28 bits per heavy atom. The predicted octanol–water partition coefficient (Wildman–Crippen LogP) is 2.20. The molecule has 0 bridgehead atoms. The lowest BCUT2D eigenvalue weighted by Gasteiger charge is -2.15. The lowest BCUT2D eigenvalue weighted by Crippen LogP contribution is -2.19. The highest BCUT2D eigenvalue weighted by molar-refractivity contribution is 7.89. The van der Waals surface area contributed by atoms with Crippen LogP contribution in [0.25, 0.3) is 0 Å². The lowest BCUT2D eigenvalue weighted by molar-refractivity contribution is 0.588. The maximum Gasteiger partial charge on any atom is 0.240 e. The van der Waals surface area contributed by atoms with E-state index in [1.807, 2.05) is 12.1 Å². The van der Waals surface area contributed by atoms with Gasteiger partial charge in [0.25, 0.3) is 0 Å². The van der Waals surface area contributed by atoms with Crippen LogP contribution in [0.2, 0.25) is 0 Å². The maximum atomic E-state index is 11.6. The van der Waals surface area contributed by atoms with E-state index in [9.17, 15) is 8.42 Å². The van der Waals surface area contributed by atoms with Crippen LogP contribution in [0.1, 0.15) is 26.2 Å². The normalized spacial score (nSPS) is 17.4. The van der Waals surface area contributed by atoms with Crippen LogP contribution in [0.3, 0.4) is 0 Å². The number of hydrogen-bond donors (Lipinski definition) is 2. The molecule has 1 aliphatic rings. The molecule has 18 heavy (non-hydrogen) atoms. The van der Waals surface area contributed by atoms with Gasteiger partial charge in [-0.15, -0.1) is 0 Å². The molecule has 1 atom stereocenters. The van der Waals surface area contributed by atoms with E-state index in [4.69, 9.17) is 0 Å². The molecule has 4 nitrogen and oxygen atoms in total. The standard InChI is InChI=1S/C13H20N2O2S/c1-10(9-11-3-4-11)15-12-5-7-13(8-6-12)18(16,17)14-2/h5-8,10-11,14-15H,3-4,9H2,1-2H3. The van der Waals surface area contributed by atoms with E-state index in [0.29, 0.717) is 10.9 Å². The molecule has 100 valence electrons. The molecule has 1 aromatic carbocycles. The summed E-state index contributed by atoms with van der Waals surface area (Å²) >= 11 is 0. The smallest absolute Gasteiger partial charge is 0.240 e. The van der Waals surface area contributed by atoms with Crippen LogP contribution in [0.4, 0.5) is 5.69 Å². The summed E-state index contributed by atoms with van der Waals surface area (Å²) in [4.78, 5) is 0.297. The zero-order valence-electron chi connectivity index (χ0n) is 10.8. The van der Waals surface area contributed by atoms with E-state index in [2.05, 4.69) is 17.0 Å². The van der Waals surface area contributed by atoms with Gasteiger partial charge in [-0.3, -0.25) is 0 Å². The average molecular weight is 268 g/mol. The van der Waals surface area contributed by atoms with E-state index < -0.39 is 10.0 Å². The fraction of sp³-hybridized carbons (Fsp3) is 0.538. The Hall–Kier alpha value is -1.07. The molecule has 2 N–H and O–H groups in total. The van der Waals surface area contributed by atoms with E-state index in [0.717, 1.165) is 11.6 Å². The highest BCUT2D eigenvalue weighted by Crippen LogP contribution is 2.34. The third-order valence-electron chi connectivity index (χ3n) is 3.23. The minimum Gasteiger partial charge on any atom is -0.383 e. The summed E-state index contributed by atoms with van der Waals surface area (Å²) in [6.45, 7) is 2.16. The minimum atomic E-state index is -3.33. The second kappa shape index (κ2) is 5.28. The van der Waals surface area contributed by atoms with E-state index >= 15 is 0 Å². The quantitative estimate of drug-likeness (QED) is 0.831. The fourth-order valence-corrected chi connectivity index (χ4v) is 2.78. The number of benzene rings is 1. The van der Waals surface area contributed by atoms with Crippen molar-refractivity contribution in [2.45, 2.75) is 37.1 Å². The molecule has 5 heteroatoms. The summed E-state index contributed by atoms with van der Waals surface area (Å²) < 4.78 is 25.4. The fourth-order valence-electron chi connectivity index (χ4n) is 2.05. The second-order valence-electron chi connectivity index (χ2n) is 4.96. The first kappa shape index (κ1) is 13.4. The molecule has 0 heterocycles. The van der Waals surface area contributed by atoms with Crippen molar-refractivity contribution in [1.82, 2.24) is 4.72 Å². The monoisotopic (exact) mass is 268 g/mol. The van der Waals surface area contributed by atoms with Crippen LogP contribution >= 0.6 is 0 Å². The van der Waals surface area contributed by atoms with Gasteiger partial charge in [0, 0.05) is 11.7 Å². The van der Waals surface area contributed by atoms with Crippen LogP contribution < -0.4 is 10.0 Å². The Labute approximate surface area is 109 Å². The molecule has 0 spiro atoms. The highest BCUT2D eigenvalue weighted by Gasteiger charge is 2.23. The SMILES string of the molecule is CNS(=O)(=O)c1ccc(NC(C)CC2CC2)cc1. The molecule has 2 rings (SSSR count). The summed E-state index contributed by atoms with van der Waals surface area (Å²) in [6.07, 6.45) is 3.90. The largest absolute Gasteiger partial charge is 0.383 e. The van der Waals surface area contributed by atoms with Gasteiger partial charge in [0.05, 0.1) is 4.90 Å². The Kier molecular flexibility index (Phi) is 3.92. The van der Waals surface area contributed by atoms with Gasteiger partial charge in [-0.25, -0.2) is 13.1 Å². The van der Waals surface area contributed by atoms with Crippen LogP contribution in [-0.4, -0.2) is 21.5 Å². The van der Waals surface area contributed by atoms with Crippen molar-refractivity contribution in [3.8, 4) is 0 Å². The molecule has 0 saturated heterocycles. The zero-order valence-corrected chi connectivity index (χ0v) is 11.6. The predicted molar refractivity (Wildman–Crippen MR) is 73.1 cm³/mol. The van der Waals surface area contributed by atoms with E-state index in [1.54, 1.807) is 12.1 Å². The van der Waals surface area contributed by atoms with Crippen molar-refractivity contribution in [2.24, 2.45) is 5.92 Å². The highest BCUT2D eigenvalue weighted by atomic mass is 32.2. The van der Waals surface area contributed by atoms with E-state index in [1.165, 1.54) is 26.3 Å². The number of anilines is 1. The summed E-state index contributed by atoms with van der Waals surface area (Å²) in [5.41, 5.74) is 0.971. The topological polar surface area (TPSA) is 58.2 Å². The van der Waals surface area contributed by atoms with Crippen molar-refractivity contribution in [2.75, 3.05) is 12.4 Å². The first-order chi connectivity index (χ1) is 8.51. The molecule has 0 aliphatic heterocycles. The van der Waals surface area contributed by atoms with Crippen LogP contribution in [0.15, 0.2) is 29.2 Å². The van der Waals surface area contributed by atoms with Crippen LogP contribution in [0.5, 0.6) is 0 Å². The Morgan fingerprint density at radius 2 is 1.89 bits per heavy atom. The van der Waals surface area contributed by atoms with Gasteiger partial charge in [0.1, 0.15) is 0 Å². The van der Waals surface area contributed by atoms with Crippen molar-refractivity contribution >= 4 is 15.7 Å². The summed E-state index contributed by atoms with van der Waals surface area (Å²) in [5.74, 6) is 0.886. The number of nitrogens with one attached hydrogen (secondary N) is 2. The molecule has 1 aromatic rings. The van der Waals surface area contributed by atoms with Gasteiger partial charge >= 0.3 is 0 Å². The van der Waals surface area contributed by atoms with Gasteiger partial charge in [-0.2, -0.15) is 0 Å². The third-order valence-corrected chi connectivity index (χ3v) is 4.66. The number of hydrogen-bond acceptors (Lipinski definition) is 3. The molecule has 0 amide bonds. The van der Waals surface area contributed by atoms with Crippen molar-refractivity contribution in [1.29, 1.82) is 0 Å². The van der Waals surface area contributed by atoms with Crippen molar-refractivity contribution in [3.63, 3.8) is 0 Å². The Morgan fingerprint density at radius 3 is 2.39 bits per heavy atom. The van der Waals surface area contributed by atoms with Gasteiger partial charge in [0.15, 0.2) is 0 Å². The van der Waals surface area contributed by atoms with Gasteiger partial charge < -0.3 is 5.32 Å². The van der Waals surface area contributed by atoms with Crippen molar-refractivity contribution in [3.05, 3.63) is 24.3 Å². The van der Waals surface area contributed by atoms with Crippen LogP contribution in [-0.2, 0) is 10.0 Å². The minimum absolute atomic E-state index is 0.297. The molecule has 1 saturated carbocycles. The van der Waals surface area contributed by atoms with Gasteiger partial charge in [-0.05, 0) is 50.6 Å². The first-order valence-corrected chi connectivity index (χ1v) is 7.80. The summed E-state index contributed by atoms with van der Waals surface area (Å²) in [7, 11) is -1.91. The molecular formula is C13H20N2O2S. The zero-order chi connectivity index (χ0) is 13.2. The molecule has 1 aliphatic carbocycles. The molecule has 1 fully saturated rings. The summed E-state index contributed by atoms with van der Waals surface area (Å²) in [5, 5.41) is 3.39. The average Bonchev–Trinajstić information content (AvgIpc) is 3.13. The summed E-state index contributed by atoms with van der Waals surface area (Å²) in [6, 6.07) is 7.31. The Balaban J connectivity index is 1.98.